The summed E-state index contributed by atoms with van der Waals surface area (Å²) < 4.78 is 1.94. The summed E-state index contributed by atoms with van der Waals surface area (Å²) in [4.78, 5) is 8.01. The number of aryl methyl sites for hydroxylation is 2. The van der Waals surface area contributed by atoms with Gasteiger partial charge >= 0.3 is 0 Å². The number of nitrogens with zero attached hydrogens (tertiary/aromatic N) is 4. The Balaban J connectivity index is 0.000000152. The molecule has 0 unspecified atom stereocenters. The molecule has 3 aromatic rings. The van der Waals surface area contributed by atoms with Crippen molar-refractivity contribution in [2.24, 2.45) is 7.05 Å². The summed E-state index contributed by atoms with van der Waals surface area (Å²) in [5.41, 5.74) is 9.01. The molecule has 0 radical (unpaired) electrons. The molecular formula is C20H28N6. The van der Waals surface area contributed by atoms with Gasteiger partial charge in [-0.05, 0) is 38.0 Å². The predicted molar refractivity (Wildman–Crippen MR) is 106 cm³/mol. The average molecular weight is 352 g/mol. The van der Waals surface area contributed by atoms with Crippen molar-refractivity contribution < 1.29 is 0 Å². The molecule has 0 spiro atoms. The number of hydrogen-bond donors (Lipinski definition) is 2. The fraction of sp³-hybridized carbons (Fsp3) is 0.450. The van der Waals surface area contributed by atoms with Crippen LogP contribution in [0.2, 0.25) is 0 Å². The number of aromatic nitrogens is 4. The predicted octanol–water partition coefficient (Wildman–Crippen LogP) is 3.36. The minimum Gasteiger partial charge on any atom is -0.383 e. The van der Waals surface area contributed by atoms with Gasteiger partial charge in [-0.15, -0.1) is 0 Å². The quantitative estimate of drug-likeness (QED) is 0.755. The Bertz CT molecular complexity index is 835. The van der Waals surface area contributed by atoms with Crippen molar-refractivity contribution in [2.45, 2.75) is 51.6 Å². The molecule has 6 nitrogen and oxygen atoms in total. The number of nitrogens with two attached hydrogens (primary N) is 1. The van der Waals surface area contributed by atoms with Crippen molar-refractivity contribution in [3.05, 3.63) is 48.0 Å². The van der Waals surface area contributed by atoms with Gasteiger partial charge in [-0.2, -0.15) is 5.10 Å². The van der Waals surface area contributed by atoms with Crippen LogP contribution in [-0.4, -0.2) is 25.8 Å². The standard InChI is InChI=1S/C11H19N3.C9H9N3/c1-14-11(7-8-13-14)9-12-10-5-3-2-4-6-10;1-6-2-3-8-7(4-6)9(10)12-5-11-8/h7-8,10,12H,2-6,9H2,1H3;2-5H,1H3,(H2,10,11,12). The Morgan fingerprint density at radius 3 is 2.69 bits per heavy atom. The zero-order valence-corrected chi connectivity index (χ0v) is 15.7. The minimum absolute atomic E-state index is 0.545. The summed E-state index contributed by atoms with van der Waals surface area (Å²) in [6.45, 7) is 2.98. The highest BCUT2D eigenvalue weighted by molar-refractivity contribution is 5.88. The molecular weight excluding hydrogens is 324 g/mol. The number of rotatable bonds is 3. The molecule has 1 aliphatic rings. The molecule has 3 N–H and O–H groups in total. The zero-order chi connectivity index (χ0) is 18.4. The monoisotopic (exact) mass is 352 g/mol. The Labute approximate surface area is 154 Å². The lowest BCUT2D eigenvalue weighted by Crippen LogP contribution is -2.31. The first-order valence-electron chi connectivity index (χ1n) is 9.30. The topological polar surface area (TPSA) is 81.7 Å². The van der Waals surface area contributed by atoms with Gasteiger partial charge in [0.05, 0.1) is 11.2 Å². The molecule has 2 heterocycles. The van der Waals surface area contributed by atoms with Crippen LogP contribution in [0.3, 0.4) is 0 Å². The first-order chi connectivity index (χ1) is 12.6. The van der Waals surface area contributed by atoms with Crippen LogP contribution < -0.4 is 11.1 Å². The van der Waals surface area contributed by atoms with Gasteiger partial charge in [-0.25, -0.2) is 9.97 Å². The number of anilines is 1. The summed E-state index contributed by atoms with van der Waals surface area (Å²) >= 11 is 0. The van der Waals surface area contributed by atoms with Gasteiger partial charge in [0, 0.05) is 31.2 Å². The molecule has 0 bridgehead atoms. The van der Waals surface area contributed by atoms with Crippen molar-refractivity contribution in [3.8, 4) is 0 Å². The van der Waals surface area contributed by atoms with Crippen LogP contribution in [0.5, 0.6) is 0 Å². The van der Waals surface area contributed by atoms with Crippen LogP contribution in [0, 0.1) is 6.92 Å². The highest BCUT2D eigenvalue weighted by Gasteiger charge is 2.12. The van der Waals surface area contributed by atoms with Crippen molar-refractivity contribution in [1.82, 2.24) is 25.1 Å². The van der Waals surface area contributed by atoms with Crippen LogP contribution >= 0.6 is 0 Å². The highest BCUT2D eigenvalue weighted by atomic mass is 15.3. The van der Waals surface area contributed by atoms with E-state index in [4.69, 9.17) is 5.73 Å². The fourth-order valence-electron chi connectivity index (χ4n) is 3.32. The molecule has 1 fully saturated rings. The van der Waals surface area contributed by atoms with Crippen molar-refractivity contribution in [2.75, 3.05) is 5.73 Å². The maximum Gasteiger partial charge on any atom is 0.134 e. The van der Waals surface area contributed by atoms with E-state index in [0.717, 1.165) is 23.5 Å². The van der Waals surface area contributed by atoms with Gasteiger partial charge in [0.2, 0.25) is 0 Å². The molecule has 1 aliphatic carbocycles. The summed E-state index contributed by atoms with van der Waals surface area (Å²) in [7, 11) is 2.00. The Kier molecular flexibility index (Phi) is 6.17. The molecule has 0 aliphatic heterocycles. The van der Waals surface area contributed by atoms with E-state index < -0.39 is 0 Å². The summed E-state index contributed by atoms with van der Waals surface area (Å²) in [6.07, 6.45) is 10.2. The van der Waals surface area contributed by atoms with Crippen LogP contribution in [-0.2, 0) is 13.6 Å². The van der Waals surface area contributed by atoms with Gasteiger partial charge < -0.3 is 11.1 Å². The van der Waals surface area contributed by atoms with Crippen molar-refractivity contribution in [3.63, 3.8) is 0 Å². The largest absolute Gasteiger partial charge is 0.383 e. The second-order valence-corrected chi connectivity index (χ2v) is 6.94. The van der Waals surface area contributed by atoms with Crippen molar-refractivity contribution >= 4 is 16.7 Å². The maximum absolute atomic E-state index is 5.67. The third kappa shape index (κ3) is 4.79. The van der Waals surface area contributed by atoms with E-state index in [1.54, 1.807) is 0 Å². The van der Waals surface area contributed by atoms with E-state index in [-0.39, 0.29) is 0 Å². The van der Waals surface area contributed by atoms with Crippen LogP contribution in [0.4, 0.5) is 5.82 Å². The smallest absolute Gasteiger partial charge is 0.134 e. The van der Waals surface area contributed by atoms with E-state index in [2.05, 4.69) is 26.4 Å². The maximum atomic E-state index is 5.67. The lowest BCUT2D eigenvalue weighted by molar-refractivity contribution is 0.368. The van der Waals surface area contributed by atoms with Crippen LogP contribution in [0.1, 0.15) is 43.4 Å². The molecule has 2 aromatic heterocycles. The summed E-state index contributed by atoms with van der Waals surface area (Å²) in [6, 6.07) is 8.76. The van der Waals surface area contributed by atoms with Crippen LogP contribution in [0.25, 0.3) is 10.9 Å². The molecule has 0 amide bonds. The SMILES string of the molecule is Cc1ccc2ncnc(N)c2c1.Cn1nccc1CNC1CCCCC1. The Hall–Kier alpha value is -2.47. The van der Waals surface area contributed by atoms with Crippen molar-refractivity contribution in [1.29, 1.82) is 0 Å². The Morgan fingerprint density at radius 2 is 1.96 bits per heavy atom. The normalized spacial score (nSPS) is 14.8. The molecule has 0 saturated heterocycles. The van der Waals surface area contributed by atoms with Gasteiger partial charge in [-0.3, -0.25) is 4.68 Å². The van der Waals surface area contributed by atoms with E-state index in [1.807, 2.05) is 43.0 Å². The zero-order valence-electron chi connectivity index (χ0n) is 15.7. The highest BCUT2D eigenvalue weighted by Crippen LogP contribution is 2.18. The summed E-state index contributed by atoms with van der Waals surface area (Å²) in [5.74, 6) is 0.545. The lowest BCUT2D eigenvalue weighted by atomic mass is 9.95. The van der Waals surface area contributed by atoms with E-state index >= 15 is 0 Å². The molecule has 0 atom stereocenters. The Morgan fingerprint density at radius 1 is 1.15 bits per heavy atom. The number of nitrogen functional groups attached to an aromatic ring is 1. The molecule has 1 saturated carbocycles. The number of nitrogens with one attached hydrogen (secondary N) is 1. The van der Waals surface area contributed by atoms with E-state index in [1.165, 1.54) is 49.7 Å². The van der Waals surface area contributed by atoms with Crippen LogP contribution in [0.15, 0.2) is 36.8 Å². The first kappa shape index (κ1) is 18.3. The number of hydrogen-bond acceptors (Lipinski definition) is 5. The first-order valence-corrected chi connectivity index (χ1v) is 9.30. The molecule has 4 rings (SSSR count). The molecule has 138 valence electrons. The van der Waals surface area contributed by atoms with E-state index in [9.17, 15) is 0 Å². The average Bonchev–Trinajstić information content (AvgIpc) is 3.07. The summed E-state index contributed by atoms with van der Waals surface area (Å²) in [5, 5.41) is 8.69. The van der Waals surface area contributed by atoms with E-state index in [0.29, 0.717) is 5.82 Å². The van der Waals surface area contributed by atoms with Gasteiger partial charge in [0.1, 0.15) is 12.1 Å². The second-order valence-electron chi connectivity index (χ2n) is 6.94. The van der Waals surface area contributed by atoms with Gasteiger partial charge in [0.25, 0.3) is 0 Å². The fourth-order valence-corrected chi connectivity index (χ4v) is 3.32. The lowest BCUT2D eigenvalue weighted by Gasteiger charge is -2.22. The minimum atomic E-state index is 0.545. The molecule has 6 heteroatoms. The number of benzene rings is 1. The second kappa shape index (κ2) is 8.76. The van der Waals surface area contributed by atoms with Gasteiger partial charge in [0.15, 0.2) is 0 Å². The molecule has 26 heavy (non-hydrogen) atoms. The number of fused-ring (bicyclic) bond motifs is 1. The van der Waals surface area contributed by atoms with Gasteiger partial charge in [-0.1, -0.05) is 30.9 Å². The third-order valence-corrected chi connectivity index (χ3v) is 4.92. The molecule has 1 aromatic carbocycles. The third-order valence-electron chi connectivity index (χ3n) is 4.92.